The van der Waals surface area contributed by atoms with Crippen LogP contribution >= 0.6 is 0 Å². The summed E-state index contributed by atoms with van der Waals surface area (Å²) in [5.74, 6) is 1.88. The SMILES string of the molecule is FC(F)c1ccnc(N2CCCC(c3ncc[nH]3)C2)c1. The Hall–Kier alpha value is -1.98. The minimum atomic E-state index is -2.46. The molecule has 3 heterocycles. The number of alkyl halides is 2. The molecule has 0 aromatic carbocycles. The van der Waals surface area contributed by atoms with Gasteiger partial charge in [-0.25, -0.2) is 18.7 Å². The number of nitrogens with zero attached hydrogens (tertiary/aromatic N) is 3. The Morgan fingerprint density at radius 1 is 1.30 bits per heavy atom. The Morgan fingerprint density at radius 3 is 2.95 bits per heavy atom. The second-order valence-electron chi connectivity index (χ2n) is 5.01. The summed E-state index contributed by atoms with van der Waals surface area (Å²) in [5, 5.41) is 0. The lowest BCUT2D eigenvalue weighted by molar-refractivity contribution is 0.151. The number of halogens is 2. The van der Waals surface area contributed by atoms with E-state index in [1.807, 2.05) is 6.20 Å². The van der Waals surface area contributed by atoms with Crippen LogP contribution in [0.4, 0.5) is 14.6 Å². The smallest absolute Gasteiger partial charge is 0.264 e. The van der Waals surface area contributed by atoms with Crippen molar-refractivity contribution in [1.82, 2.24) is 15.0 Å². The molecule has 1 N–H and O–H groups in total. The van der Waals surface area contributed by atoms with Crippen molar-refractivity contribution in [2.45, 2.75) is 25.2 Å². The van der Waals surface area contributed by atoms with E-state index in [-0.39, 0.29) is 5.56 Å². The van der Waals surface area contributed by atoms with Crippen molar-refractivity contribution >= 4 is 5.82 Å². The van der Waals surface area contributed by atoms with Crippen LogP contribution in [0, 0.1) is 0 Å². The molecule has 3 rings (SSSR count). The molecule has 1 atom stereocenters. The highest BCUT2D eigenvalue weighted by Crippen LogP contribution is 2.29. The van der Waals surface area contributed by atoms with E-state index in [0.29, 0.717) is 11.7 Å². The first-order valence-corrected chi connectivity index (χ1v) is 6.72. The largest absolute Gasteiger partial charge is 0.356 e. The fourth-order valence-electron chi connectivity index (χ4n) is 2.65. The molecule has 6 heteroatoms. The maximum Gasteiger partial charge on any atom is 0.264 e. The summed E-state index contributed by atoms with van der Waals surface area (Å²) in [6.45, 7) is 1.60. The molecule has 0 amide bonds. The van der Waals surface area contributed by atoms with E-state index >= 15 is 0 Å². The summed E-state index contributed by atoms with van der Waals surface area (Å²) in [7, 11) is 0. The molecule has 0 aliphatic carbocycles. The number of aromatic amines is 1. The van der Waals surface area contributed by atoms with E-state index < -0.39 is 6.43 Å². The second kappa shape index (κ2) is 5.56. The molecule has 4 nitrogen and oxygen atoms in total. The highest BCUT2D eigenvalue weighted by Gasteiger charge is 2.24. The van der Waals surface area contributed by atoms with Gasteiger partial charge >= 0.3 is 0 Å². The van der Waals surface area contributed by atoms with Crippen LogP contribution in [0.15, 0.2) is 30.7 Å². The molecule has 0 spiro atoms. The average Bonchev–Trinajstić information content (AvgIpc) is 3.02. The predicted molar refractivity (Wildman–Crippen MR) is 72.0 cm³/mol. The lowest BCUT2D eigenvalue weighted by Crippen LogP contribution is -2.35. The number of anilines is 1. The number of aromatic nitrogens is 3. The third-order valence-electron chi connectivity index (χ3n) is 3.67. The van der Waals surface area contributed by atoms with Gasteiger partial charge in [-0.3, -0.25) is 0 Å². The van der Waals surface area contributed by atoms with E-state index in [4.69, 9.17) is 0 Å². The lowest BCUT2D eigenvalue weighted by atomic mass is 9.97. The molecule has 2 aromatic rings. The van der Waals surface area contributed by atoms with Crippen LogP contribution in [0.2, 0.25) is 0 Å². The van der Waals surface area contributed by atoms with E-state index in [2.05, 4.69) is 19.9 Å². The Morgan fingerprint density at radius 2 is 2.20 bits per heavy atom. The molecule has 0 saturated carbocycles. The van der Waals surface area contributed by atoms with Gasteiger partial charge in [0.05, 0.1) is 0 Å². The monoisotopic (exact) mass is 278 g/mol. The molecular weight excluding hydrogens is 262 g/mol. The van der Waals surface area contributed by atoms with Crippen LogP contribution in [-0.4, -0.2) is 28.0 Å². The molecule has 1 aliphatic rings. The van der Waals surface area contributed by atoms with Gasteiger partial charge in [0.15, 0.2) is 0 Å². The molecule has 0 bridgehead atoms. The normalized spacial score (nSPS) is 19.6. The van der Waals surface area contributed by atoms with Gasteiger partial charge in [0.2, 0.25) is 0 Å². The number of hydrogen-bond acceptors (Lipinski definition) is 3. The highest BCUT2D eigenvalue weighted by atomic mass is 19.3. The Bertz CT molecular complexity index is 556. The highest BCUT2D eigenvalue weighted by molar-refractivity contribution is 5.42. The molecule has 106 valence electrons. The first-order chi connectivity index (χ1) is 9.74. The van der Waals surface area contributed by atoms with Crippen molar-refractivity contribution in [2.75, 3.05) is 18.0 Å². The zero-order valence-corrected chi connectivity index (χ0v) is 11.0. The van der Waals surface area contributed by atoms with Gasteiger partial charge in [-0.05, 0) is 25.0 Å². The van der Waals surface area contributed by atoms with Crippen LogP contribution in [0.3, 0.4) is 0 Å². The van der Waals surface area contributed by atoms with Gasteiger partial charge in [-0.1, -0.05) is 0 Å². The van der Waals surface area contributed by atoms with Gasteiger partial charge < -0.3 is 9.88 Å². The molecule has 1 fully saturated rings. The number of imidazole rings is 1. The Kier molecular flexibility index (Phi) is 3.62. The van der Waals surface area contributed by atoms with Crippen molar-refractivity contribution in [3.63, 3.8) is 0 Å². The maximum atomic E-state index is 12.8. The maximum absolute atomic E-state index is 12.8. The van der Waals surface area contributed by atoms with E-state index in [1.165, 1.54) is 18.3 Å². The Balaban J connectivity index is 1.78. The number of rotatable bonds is 3. The molecule has 2 aromatic heterocycles. The number of hydrogen-bond donors (Lipinski definition) is 1. The van der Waals surface area contributed by atoms with Gasteiger partial charge in [0.1, 0.15) is 11.6 Å². The van der Waals surface area contributed by atoms with Crippen molar-refractivity contribution in [3.8, 4) is 0 Å². The minimum Gasteiger partial charge on any atom is -0.356 e. The average molecular weight is 278 g/mol. The van der Waals surface area contributed by atoms with E-state index in [0.717, 1.165) is 31.8 Å². The van der Waals surface area contributed by atoms with E-state index in [1.54, 1.807) is 6.20 Å². The van der Waals surface area contributed by atoms with Crippen LogP contribution in [0.5, 0.6) is 0 Å². The van der Waals surface area contributed by atoms with Crippen molar-refractivity contribution < 1.29 is 8.78 Å². The first-order valence-electron chi connectivity index (χ1n) is 6.72. The molecule has 1 unspecified atom stereocenters. The summed E-state index contributed by atoms with van der Waals surface area (Å²) in [4.78, 5) is 13.7. The quantitative estimate of drug-likeness (QED) is 0.938. The van der Waals surface area contributed by atoms with Crippen molar-refractivity contribution in [3.05, 3.63) is 42.1 Å². The standard InChI is InChI=1S/C14H16F2N4/c15-13(16)10-3-4-17-12(8-10)20-7-1-2-11(9-20)14-18-5-6-19-14/h3-6,8,11,13H,1-2,7,9H2,(H,18,19). The molecule has 1 aliphatic heterocycles. The van der Waals surface area contributed by atoms with E-state index in [9.17, 15) is 8.78 Å². The predicted octanol–water partition coefficient (Wildman–Crippen LogP) is 3.13. The number of H-pyrrole nitrogens is 1. The number of piperidine rings is 1. The third-order valence-corrected chi connectivity index (χ3v) is 3.67. The Labute approximate surface area is 115 Å². The lowest BCUT2D eigenvalue weighted by Gasteiger charge is -2.32. The van der Waals surface area contributed by atoms with Crippen LogP contribution in [0.25, 0.3) is 0 Å². The topological polar surface area (TPSA) is 44.8 Å². The van der Waals surface area contributed by atoms with Crippen LogP contribution in [0.1, 0.15) is 36.6 Å². The summed E-state index contributed by atoms with van der Waals surface area (Å²) in [6.07, 6.45) is 4.61. The van der Waals surface area contributed by atoms with Gasteiger partial charge in [0.25, 0.3) is 6.43 Å². The first kappa shape index (κ1) is 13.0. The molecule has 1 saturated heterocycles. The molecular formula is C14H16F2N4. The van der Waals surface area contributed by atoms with Crippen LogP contribution < -0.4 is 4.90 Å². The summed E-state index contributed by atoms with van der Waals surface area (Å²) < 4.78 is 25.5. The number of pyridine rings is 1. The van der Waals surface area contributed by atoms with Gasteiger partial charge in [0, 0.05) is 43.2 Å². The van der Waals surface area contributed by atoms with Gasteiger partial charge in [-0.2, -0.15) is 0 Å². The third kappa shape index (κ3) is 2.64. The van der Waals surface area contributed by atoms with Gasteiger partial charge in [-0.15, -0.1) is 0 Å². The van der Waals surface area contributed by atoms with Crippen LogP contribution in [-0.2, 0) is 0 Å². The fraction of sp³-hybridized carbons (Fsp3) is 0.429. The zero-order valence-electron chi connectivity index (χ0n) is 11.0. The zero-order chi connectivity index (χ0) is 13.9. The fourth-order valence-corrected chi connectivity index (χ4v) is 2.65. The number of nitrogens with one attached hydrogen (secondary N) is 1. The van der Waals surface area contributed by atoms with Crippen molar-refractivity contribution in [1.29, 1.82) is 0 Å². The second-order valence-corrected chi connectivity index (χ2v) is 5.01. The molecule has 20 heavy (non-hydrogen) atoms. The van der Waals surface area contributed by atoms with Crippen molar-refractivity contribution in [2.24, 2.45) is 0 Å². The summed E-state index contributed by atoms with van der Waals surface area (Å²) in [5.41, 5.74) is 0.0233. The summed E-state index contributed by atoms with van der Waals surface area (Å²) >= 11 is 0. The minimum absolute atomic E-state index is 0.0233. The summed E-state index contributed by atoms with van der Waals surface area (Å²) in [6, 6.07) is 2.84. The molecule has 0 radical (unpaired) electrons.